The zero-order valence-corrected chi connectivity index (χ0v) is 11.3. The lowest BCUT2D eigenvalue weighted by Crippen LogP contribution is -2.13. The number of hydrogen-bond acceptors (Lipinski definition) is 5. The second-order valence-corrected chi connectivity index (χ2v) is 4.82. The SMILES string of the molecule is Cc1cc(C(=O)OCC[C@@H]2CCCO2)ccc1[N+](=O)[O-]. The molecule has 0 radical (unpaired) electrons. The van der Waals surface area contributed by atoms with Gasteiger partial charge >= 0.3 is 5.97 Å². The normalized spacial score (nSPS) is 17.9. The molecule has 1 atom stereocenters. The highest BCUT2D eigenvalue weighted by molar-refractivity contribution is 5.90. The van der Waals surface area contributed by atoms with E-state index in [0.717, 1.165) is 19.4 Å². The summed E-state index contributed by atoms with van der Waals surface area (Å²) in [6, 6.07) is 4.22. The molecule has 108 valence electrons. The fourth-order valence-electron chi connectivity index (χ4n) is 2.23. The van der Waals surface area contributed by atoms with Gasteiger partial charge in [0.1, 0.15) is 0 Å². The third kappa shape index (κ3) is 3.54. The van der Waals surface area contributed by atoms with Crippen molar-refractivity contribution in [3.05, 3.63) is 39.4 Å². The minimum Gasteiger partial charge on any atom is -0.462 e. The Morgan fingerprint density at radius 2 is 2.35 bits per heavy atom. The first kappa shape index (κ1) is 14.5. The van der Waals surface area contributed by atoms with E-state index in [4.69, 9.17) is 9.47 Å². The molecular weight excluding hydrogens is 262 g/mol. The Labute approximate surface area is 116 Å². The summed E-state index contributed by atoms with van der Waals surface area (Å²) >= 11 is 0. The second kappa shape index (κ2) is 6.47. The topological polar surface area (TPSA) is 78.7 Å². The van der Waals surface area contributed by atoms with Gasteiger partial charge in [0.15, 0.2) is 0 Å². The monoisotopic (exact) mass is 279 g/mol. The molecule has 20 heavy (non-hydrogen) atoms. The number of hydrogen-bond donors (Lipinski definition) is 0. The molecule has 0 aromatic heterocycles. The Hall–Kier alpha value is -1.95. The van der Waals surface area contributed by atoms with Gasteiger partial charge in [0.05, 0.1) is 23.2 Å². The molecule has 0 N–H and O–H groups in total. The summed E-state index contributed by atoms with van der Waals surface area (Å²) < 4.78 is 10.6. The highest BCUT2D eigenvalue weighted by Crippen LogP contribution is 2.20. The van der Waals surface area contributed by atoms with E-state index in [-0.39, 0.29) is 11.8 Å². The molecule has 1 aromatic carbocycles. The number of benzene rings is 1. The van der Waals surface area contributed by atoms with E-state index in [1.54, 1.807) is 6.92 Å². The number of nitro groups is 1. The number of carbonyl (C=O) groups excluding carboxylic acids is 1. The fourth-order valence-corrected chi connectivity index (χ4v) is 2.23. The van der Waals surface area contributed by atoms with Crippen LogP contribution in [0.25, 0.3) is 0 Å². The summed E-state index contributed by atoms with van der Waals surface area (Å²) in [5, 5.41) is 10.7. The van der Waals surface area contributed by atoms with Crippen molar-refractivity contribution in [1.82, 2.24) is 0 Å². The zero-order chi connectivity index (χ0) is 14.5. The number of ether oxygens (including phenoxy) is 2. The summed E-state index contributed by atoms with van der Waals surface area (Å²) in [5.74, 6) is -0.457. The summed E-state index contributed by atoms with van der Waals surface area (Å²) in [5.41, 5.74) is 0.782. The molecule has 1 aromatic rings. The maximum Gasteiger partial charge on any atom is 0.338 e. The van der Waals surface area contributed by atoms with E-state index in [0.29, 0.717) is 24.2 Å². The molecule has 0 unspecified atom stereocenters. The molecule has 1 heterocycles. The van der Waals surface area contributed by atoms with Crippen LogP contribution in [0.4, 0.5) is 5.69 Å². The molecule has 1 saturated heterocycles. The van der Waals surface area contributed by atoms with Gasteiger partial charge in [-0.05, 0) is 31.9 Å². The summed E-state index contributed by atoms with van der Waals surface area (Å²) in [7, 11) is 0. The first-order chi connectivity index (χ1) is 9.58. The molecule has 1 aliphatic rings. The minimum atomic E-state index is -0.470. The van der Waals surface area contributed by atoms with Gasteiger partial charge in [-0.25, -0.2) is 4.79 Å². The predicted molar refractivity (Wildman–Crippen MR) is 71.7 cm³/mol. The predicted octanol–water partition coefficient (Wildman–Crippen LogP) is 2.63. The van der Waals surface area contributed by atoms with Crippen LogP contribution in [-0.4, -0.2) is 30.2 Å². The quantitative estimate of drug-likeness (QED) is 0.470. The fraction of sp³-hybridized carbons (Fsp3) is 0.500. The number of esters is 1. The third-order valence-electron chi connectivity index (χ3n) is 3.33. The van der Waals surface area contributed by atoms with Gasteiger partial charge < -0.3 is 9.47 Å². The third-order valence-corrected chi connectivity index (χ3v) is 3.33. The number of nitrogens with zero attached hydrogens (tertiary/aromatic N) is 1. The van der Waals surface area contributed by atoms with Crippen molar-refractivity contribution < 1.29 is 19.2 Å². The summed E-state index contributed by atoms with van der Waals surface area (Å²) in [6.07, 6.45) is 2.94. The lowest BCUT2D eigenvalue weighted by molar-refractivity contribution is -0.385. The molecule has 0 aliphatic carbocycles. The molecular formula is C14H17NO5. The average molecular weight is 279 g/mol. The molecule has 0 saturated carbocycles. The molecule has 6 heteroatoms. The van der Waals surface area contributed by atoms with Gasteiger partial charge in [-0.3, -0.25) is 10.1 Å². The molecule has 6 nitrogen and oxygen atoms in total. The van der Waals surface area contributed by atoms with Crippen LogP contribution in [0, 0.1) is 17.0 Å². The van der Waals surface area contributed by atoms with Crippen LogP contribution in [-0.2, 0) is 9.47 Å². The van der Waals surface area contributed by atoms with Gasteiger partial charge in [0, 0.05) is 24.7 Å². The number of carbonyl (C=O) groups is 1. The van der Waals surface area contributed by atoms with Crippen LogP contribution in [0.2, 0.25) is 0 Å². The first-order valence-electron chi connectivity index (χ1n) is 6.61. The van der Waals surface area contributed by atoms with E-state index in [1.165, 1.54) is 18.2 Å². The number of aryl methyl sites for hydroxylation is 1. The Morgan fingerprint density at radius 3 is 2.95 bits per heavy atom. The maximum absolute atomic E-state index is 11.8. The minimum absolute atomic E-state index is 0.000839. The standard InChI is InChI=1S/C14H17NO5/c1-10-9-11(4-5-13(10)15(17)18)14(16)20-8-6-12-3-2-7-19-12/h4-5,9,12H,2-3,6-8H2,1H3/t12-/m0/s1. The van der Waals surface area contributed by atoms with Gasteiger partial charge in [0.2, 0.25) is 0 Å². The van der Waals surface area contributed by atoms with Crippen molar-refractivity contribution in [2.45, 2.75) is 32.3 Å². The largest absolute Gasteiger partial charge is 0.462 e. The lowest BCUT2D eigenvalue weighted by atomic mass is 10.1. The van der Waals surface area contributed by atoms with Crippen LogP contribution in [0.1, 0.15) is 35.2 Å². The molecule has 2 rings (SSSR count). The molecule has 0 bridgehead atoms. The van der Waals surface area contributed by atoms with Crippen molar-refractivity contribution in [3.8, 4) is 0 Å². The first-order valence-corrected chi connectivity index (χ1v) is 6.61. The van der Waals surface area contributed by atoms with E-state index < -0.39 is 10.9 Å². The zero-order valence-electron chi connectivity index (χ0n) is 11.3. The van der Waals surface area contributed by atoms with Crippen molar-refractivity contribution in [2.75, 3.05) is 13.2 Å². The Bertz CT molecular complexity index is 508. The number of rotatable bonds is 5. The van der Waals surface area contributed by atoms with E-state index in [2.05, 4.69) is 0 Å². The Morgan fingerprint density at radius 1 is 1.55 bits per heavy atom. The van der Waals surface area contributed by atoms with Crippen LogP contribution < -0.4 is 0 Å². The van der Waals surface area contributed by atoms with Crippen LogP contribution in [0.15, 0.2) is 18.2 Å². The highest BCUT2D eigenvalue weighted by atomic mass is 16.6. The van der Waals surface area contributed by atoms with Crippen LogP contribution in [0.3, 0.4) is 0 Å². The molecule has 0 spiro atoms. The summed E-state index contributed by atoms with van der Waals surface area (Å²) in [6.45, 7) is 2.68. The van der Waals surface area contributed by atoms with Gasteiger partial charge in [-0.15, -0.1) is 0 Å². The second-order valence-electron chi connectivity index (χ2n) is 4.82. The summed E-state index contributed by atoms with van der Waals surface area (Å²) in [4.78, 5) is 22.0. The van der Waals surface area contributed by atoms with Crippen LogP contribution >= 0.6 is 0 Å². The molecule has 1 fully saturated rings. The number of nitro benzene ring substituents is 1. The van der Waals surface area contributed by atoms with E-state index in [1.807, 2.05) is 0 Å². The van der Waals surface area contributed by atoms with Gasteiger partial charge in [0.25, 0.3) is 5.69 Å². The van der Waals surface area contributed by atoms with Crippen LogP contribution in [0.5, 0.6) is 0 Å². The Balaban J connectivity index is 1.88. The van der Waals surface area contributed by atoms with Crippen molar-refractivity contribution in [1.29, 1.82) is 0 Å². The Kier molecular flexibility index (Phi) is 4.68. The smallest absolute Gasteiger partial charge is 0.338 e. The van der Waals surface area contributed by atoms with Gasteiger partial charge in [-0.1, -0.05) is 0 Å². The lowest BCUT2D eigenvalue weighted by Gasteiger charge is -2.09. The van der Waals surface area contributed by atoms with E-state index in [9.17, 15) is 14.9 Å². The van der Waals surface area contributed by atoms with Crippen molar-refractivity contribution in [3.63, 3.8) is 0 Å². The molecule has 0 amide bonds. The van der Waals surface area contributed by atoms with Gasteiger partial charge in [-0.2, -0.15) is 0 Å². The van der Waals surface area contributed by atoms with Crippen molar-refractivity contribution >= 4 is 11.7 Å². The van der Waals surface area contributed by atoms with Crippen molar-refractivity contribution in [2.24, 2.45) is 0 Å². The molecule has 1 aliphatic heterocycles. The maximum atomic E-state index is 11.8. The van der Waals surface area contributed by atoms with E-state index >= 15 is 0 Å². The average Bonchev–Trinajstić information content (AvgIpc) is 2.91. The highest BCUT2D eigenvalue weighted by Gasteiger charge is 2.17.